The van der Waals surface area contributed by atoms with Crippen molar-refractivity contribution in [3.63, 3.8) is 0 Å². The fourth-order valence-electron chi connectivity index (χ4n) is 1.81. The first-order valence-electron chi connectivity index (χ1n) is 5.22. The molecule has 0 saturated carbocycles. The lowest BCUT2D eigenvalue weighted by atomic mass is 10.0. The fraction of sp³-hybridized carbons (Fsp3) is 0.364. The molecular formula is C11H14FO4P. The molecule has 0 bridgehead atoms. The molecule has 0 heterocycles. The first kappa shape index (κ1) is 14.0. The minimum Gasteiger partial charge on any atom is -0.321 e. The average Bonchev–Trinajstić information content (AvgIpc) is 2.27. The van der Waals surface area contributed by atoms with Crippen LogP contribution in [0.25, 0.3) is 0 Å². The highest BCUT2D eigenvalue weighted by Gasteiger charge is 2.28. The van der Waals surface area contributed by atoms with Crippen LogP contribution >= 0.6 is 7.60 Å². The zero-order valence-corrected chi connectivity index (χ0v) is 10.5. The molecule has 0 aromatic heterocycles. The predicted molar refractivity (Wildman–Crippen MR) is 62.2 cm³/mol. The van der Waals surface area contributed by atoms with Gasteiger partial charge in [-0.1, -0.05) is 13.8 Å². The highest BCUT2D eigenvalue weighted by atomic mass is 31.2. The maximum Gasteiger partial charge on any atom is 0.357 e. The van der Waals surface area contributed by atoms with Crippen molar-refractivity contribution in [3.05, 3.63) is 28.6 Å². The Morgan fingerprint density at radius 3 is 2.29 bits per heavy atom. The monoisotopic (exact) mass is 260 g/mol. The van der Waals surface area contributed by atoms with Gasteiger partial charge < -0.3 is 9.79 Å². The van der Waals surface area contributed by atoms with E-state index in [1.54, 1.807) is 13.8 Å². The van der Waals surface area contributed by atoms with E-state index < -0.39 is 18.7 Å². The van der Waals surface area contributed by atoms with E-state index in [1.165, 1.54) is 6.07 Å². The standard InChI is InChI=1S/C11H14FO4P/c1-3-7-5-8(6-13)11(17(14,15)16)9(4-2)10(7)12/h5-6H,3-4H2,1-2H3,(H2,14,15,16). The van der Waals surface area contributed by atoms with E-state index in [9.17, 15) is 23.5 Å². The van der Waals surface area contributed by atoms with Crippen LogP contribution in [0.5, 0.6) is 0 Å². The zero-order valence-electron chi connectivity index (χ0n) is 9.61. The third-order valence-corrected chi connectivity index (χ3v) is 3.70. The number of carbonyl (C=O) groups is 1. The van der Waals surface area contributed by atoms with Gasteiger partial charge >= 0.3 is 7.60 Å². The summed E-state index contributed by atoms with van der Waals surface area (Å²) >= 11 is 0. The summed E-state index contributed by atoms with van der Waals surface area (Å²) in [4.78, 5) is 29.2. The molecule has 0 fully saturated rings. The maximum atomic E-state index is 13.9. The summed E-state index contributed by atoms with van der Waals surface area (Å²) < 4.78 is 25.2. The molecule has 1 aromatic rings. The van der Waals surface area contributed by atoms with E-state index in [0.29, 0.717) is 18.3 Å². The summed E-state index contributed by atoms with van der Waals surface area (Å²) in [5.41, 5.74) is 0.0920. The molecule has 0 aliphatic rings. The quantitative estimate of drug-likeness (QED) is 0.636. The van der Waals surface area contributed by atoms with Gasteiger partial charge in [0.25, 0.3) is 0 Å². The van der Waals surface area contributed by atoms with Gasteiger partial charge in [-0.15, -0.1) is 0 Å². The summed E-state index contributed by atoms with van der Waals surface area (Å²) in [6, 6.07) is 1.20. The van der Waals surface area contributed by atoms with Crippen molar-refractivity contribution in [3.8, 4) is 0 Å². The van der Waals surface area contributed by atoms with Gasteiger partial charge in [-0.3, -0.25) is 9.36 Å². The van der Waals surface area contributed by atoms with E-state index in [1.807, 2.05) is 0 Å². The normalized spacial score (nSPS) is 11.6. The number of halogens is 1. The molecule has 6 heteroatoms. The molecule has 17 heavy (non-hydrogen) atoms. The minimum atomic E-state index is -4.65. The fourth-order valence-corrected chi connectivity index (χ4v) is 2.87. The Bertz CT molecular complexity index is 493. The third kappa shape index (κ3) is 2.63. The number of aldehydes is 1. The number of benzene rings is 1. The van der Waals surface area contributed by atoms with Crippen molar-refractivity contribution >= 4 is 19.2 Å². The molecule has 0 spiro atoms. The topological polar surface area (TPSA) is 74.6 Å². The summed E-state index contributed by atoms with van der Waals surface area (Å²) in [5.74, 6) is -0.626. The molecule has 2 N–H and O–H groups in total. The van der Waals surface area contributed by atoms with Gasteiger partial charge in [-0.2, -0.15) is 0 Å². The number of rotatable bonds is 4. The van der Waals surface area contributed by atoms with E-state index in [4.69, 9.17) is 0 Å². The second kappa shape index (κ2) is 5.08. The van der Waals surface area contributed by atoms with Crippen molar-refractivity contribution in [1.29, 1.82) is 0 Å². The minimum absolute atomic E-state index is 0.0696. The molecule has 0 aliphatic carbocycles. The van der Waals surface area contributed by atoms with Crippen LogP contribution in [0.1, 0.15) is 35.3 Å². The van der Waals surface area contributed by atoms with Gasteiger partial charge in [0.1, 0.15) is 5.82 Å². The van der Waals surface area contributed by atoms with E-state index >= 15 is 0 Å². The molecule has 0 aliphatic heterocycles. The molecular weight excluding hydrogens is 246 g/mol. The van der Waals surface area contributed by atoms with Crippen LogP contribution in [0.3, 0.4) is 0 Å². The summed E-state index contributed by atoms with van der Waals surface area (Å²) in [7, 11) is -4.65. The SMILES string of the molecule is CCc1cc(C=O)c(P(=O)(O)O)c(CC)c1F. The van der Waals surface area contributed by atoms with Crippen molar-refractivity contribution < 1.29 is 23.5 Å². The van der Waals surface area contributed by atoms with Crippen LogP contribution in [-0.4, -0.2) is 16.1 Å². The Labute approximate surface area is 98.6 Å². The van der Waals surface area contributed by atoms with Gasteiger partial charge in [0, 0.05) is 11.1 Å². The zero-order chi connectivity index (χ0) is 13.2. The van der Waals surface area contributed by atoms with Crippen molar-refractivity contribution in [2.75, 3.05) is 0 Å². The molecule has 4 nitrogen and oxygen atoms in total. The molecule has 0 saturated heterocycles. The number of carbonyl (C=O) groups excluding carboxylic acids is 1. The van der Waals surface area contributed by atoms with Gasteiger partial charge in [0.2, 0.25) is 0 Å². The van der Waals surface area contributed by atoms with Gasteiger partial charge in [-0.05, 0) is 24.5 Å². The van der Waals surface area contributed by atoms with Crippen molar-refractivity contribution in [2.45, 2.75) is 26.7 Å². The van der Waals surface area contributed by atoms with Gasteiger partial charge in [0.05, 0.1) is 5.30 Å². The second-order valence-electron chi connectivity index (χ2n) is 3.64. The van der Waals surface area contributed by atoms with Crippen LogP contribution in [0.15, 0.2) is 6.07 Å². The highest BCUT2D eigenvalue weighted by molar-refractivity contribution is 7.60. The van der Waals surface area contributed by atoms with Crippen molar-refractivity contribution in [1.82, 2.24) is 0 Å². The predicted octanol–water partition coefficient (Wildman–Crippen LogP) is 1.57. The molecule has 94 valence electrons. The summed E-state index contributed by atoms with van der Waals surface area (Å²) in [5, 5.41) is -0.482. The number of aryl methyl sites for hydroxylation is 1. The van der Waals surface area contributed by atoms with Gasteiger partial charge in [-0.25, -0.2) is 4.39 Å². The van der Waals surface area contributed by atoms with E-state index in [2.05, 4.69) is 0 Å². The Morgan fingerprint density at radius 2 is 1.94 bits per heavy atom. The second-order valence-corrected chi connectivity index (χ2v) is 5.17. The lowest BCUT2D eigenvalue weighted by Gasteiger charge is -2.15. The highest BCUT2D eigenvalue weighted by Crippen LogP contribution is 2.37. The van der Waals surface area contributed by atoms with E-state index in [0.717, 1.165) is 0 Å². The summed E-state index contributed by atoms with van der Waals surface area (Å²) in [6.45, 7) is 3.30. The van der Waals surface area contributed by atoms with Crippen LogP contribution in [-0.2, 0) is 17.4 Å². The Morgan fingerprint density at radius 1 is 1.35 bits per heavy atom. The maximum absolute atomic E-state index is 13.9. The van der Waals surface area contributed by atoms with Crippen LogP contribution in [0.4, 0.5) is 4.39 Å². The molecule has 0 amide bonds. The summed E-state index contributed by atoms with van der Waals surface area (Å²) in [6.07, 6.45) is 0.842. The van der Waals surface area contributed by atoms with Crippen LogP contribution in [0, 0.1) is 5.82 Å². The Kier molecular flexibility index (Phi) is 4.20. The smallest absolute Gasteiger partial charge is 0.321 e. The molecule has 1 aromatic carbocycles. The van der Waals surface area contributed by atoms with E-state index in [-0.39, 0.29) is 17.5 Å². The first-order valence-corrected chi connectivity index (χ1v) is 6.83. The lowest BCUT2D eigenvalue weighted by Crippen LogP contribution is -2.19. The Balaban J connectivity index is 3.73. The molecule has 0 radical (unpaired) electrons. The molecule has 0 atom stereocenters. The molecule has 1 rings (SSSR count). The Hall–Kier alpha value is -1.03. The largest absolute Gasteiger partial charge is 0.357 e. The van der Waals surface area contributed by atoms with Crippen molar-refractivity contribution in [2.24, 2.45) is 0 Å². The average molecular weight is 260 g/mol. The first-order chi connectivity index (χ1) is 7.86. The van der Waals surface area contributed by atoms with Crippen LogP contribution < -0.4 is 5.30 Å². The lowest BCUT2D eigenvalue weighted by molar-refractivity contribution is 0.112. The number of hydrogen-bond donors (Lipinski definition) is 2. The van der Waals surface area contributed by atoms with Gasteiger partial charge in [0.15, 0.2) is 6.29 Å². The third-order valence-electron chi connectivity index (χ3n) is 2.59. The molecule has 0 unspecified atom stereocenters. The van der Waals surface area contributed by atoms with Crippen LogP contribution in [0.2, 0.25) is 0 Å². The number of hydrogen-bond acceptors (Lipinski definition) is 2.